The van der Waals surface area contributed by atoms with E-state index in [-0.39, 0.29) is 18.0 Å². The van der Waals surface area contributed by atoms with Crippen molar-refractivity contribution in [2.75, 3.05) is 19.8 Å². The first kappa shape index (κ1) is 17.9. The molecule has 0 radical (unpaired) electrons. The second kappa shape index (κ2) is 9.75. The number of nitrogens with zero attached hydrogens (tertiary/aromatic N) is 1. The summed E-state index contributed by atoms with van der Waals surface area (Å²) in [7, 11) is 0. The quantitative estimate of drug-likeness (QED) is 0.473. The molecule has 0 fully saturated rings. The third kappa shape index (κ3) is 8.56. The summed E-state index contributed by atoms with van der Waals surface area (Å²) in [6, 6.07) is 0. The van der Waals surface area contributed by atoms with E-state index in [0.717, 1.165) is 0 Å². The van der Waals surface area contributed by atoms with Crippen molar-refractivity contribution in [1.29, 1.82) is 0 Å². The van der Waals surface area contributed by atoms with Crippen LogP contribution in [0.1, 0.15) is 40.5 Å². The molecular formula is C13H26N2O4. The number of esters is 1. The van der Waals surface area contributed by atoms with Crippen LogP contribution >= 0.6 is 0 Å². The van der Waals surface area contributed by atoms with Gasteiger partial charge in [0.1, 0.15) is 6.10 Å². The van der Waals surface area contributed by atoms with Gasteiger partial charge in [0.05, 0.1) is 12.8 Å². The van der Waals surface area contributed by atoms with Gasteiger partial charge in [0, 0.05) is 26.9 Å². The molecule has 2 atom stereocenters. The van der Waals surface area contributed by atoms with Gasteiger partial charge in [0.25, 0.3) is 0 Å². The Kier molecular flexibility index (Phi) is 9.16. The highest BCUT2D eigenvalue weighted by Crippen LogP contribution is 1.99. The number of nitrogens with one attached hydrogen (secondary N) is 1. The summed E-state index contributed by atoms with van der Waals surface area (Å²) in [5, 5.41) is 12.6. The Morgan fingerprint density at radius 1 is 1.26 bits per heavy atom. The van der Waals surface area contributed by atoms with Crippen LogP contribution in [-0.4, -0.2) is 53.8 Å². The summed E-state index contributed by atoms with van der Waals surface area (Å²) in [6.45, 7) is 7.77. The minimum Gasteiger partial charge on any atom is -0.461 e. The van der Waals surface area contributed by atoms with Crippen LogP contribution in [0.2, 0.25) is 0 Å². The summed E-state index contributed by atoms with van der Waals surface area (Å²) < 4.78 is 5.09. The lowest BCUT2D eigenvalue weighted by Crippen LogP contribution is -2.44. The largest absolute Gasteiger partial charge is 0.461 e. The van der Waals surface area contributed by atoms with Crippen molar-refractivity contribution < 1.29 is 19.4 Å². The van der Waals surface area contributed by atoms with E-state index in [1.54, 1.807) is 0 Å². The molecule has 19 heavy (non-hydrogen) atoms. The van der Waals surface area contributed by atoms with Gasteiger partial charge in [-0.15, -0.1) is 0 Å². The van der Waals surface area contributed by atoms with Crippen LogP contribution in [0.5, 0.6) is 0 Å². The second-order valence-electron chi connectivity index (χ2n) is 4.56. The Morgan fingerprint density at radius 3 is 2.32 bits per heavy atom. The summed E-state index contributed by atoms with van der Waals surface area (Å²) >= 11 is 0. The normalized spacial score (nSPS) is 13.7. The van der Waals surface area contributed by atoms with E-state index in [1.807, 2.05) is 13.8 Å². The maximum Gasteiger partial charge on any atom is 0.302 e. The molecule has 0 aliphatic heterocycles. The van der Waals surface area contributed by atoms with Crippen molar-refractivity contribution in [2.45, 2.75) is 52.7 Å². The molecule has 0 rings (SSSR count). The summed E-state index contributed by atoms with van der Waals surface area (Å²) in [5.74, 6) is -0.404. The number of ether oxygens (including phenoxy) is 1. The fourth-order valence-electron chi connectivity index (χ4n) is 1.55. The number of aliphatic hydroxyl groups is 1. The number of carbonyl (C=O) groups excluding carboxylic acids is 2. The van der Waals surface area contributed by atoms with Crippen LogP contribution in [0.4, 0.5) is 0 Å². The van der Waals surface area contributed by atoms with Crippen molar-refractivity contribution in [3.8, 4) is 0 Å². The molecule has 112 valence electrons. The zero-order valence-electron chi connectivity index (χ0n) is 12.3. The molecule has 0 aromatic heterocycles. The lowest BCUT2D eigenvalue weighted by molar-refractivity contribution is -0.146. The Morgan fingerprint density at radius 2 is 1.89 bits per heavy atom. The summed E-state index contributed by atoms with van der Waals surface area (Å²) in [4.78, 5) is 23.8. The van der Waals surface area contributed by atoms with E-state index in [2.05, 4.69) is 5.32 Å². The maximum atomic E-state index is 11.4. The zero-order valence-corrected chi connectivity index (χ0v) is 12.3. The van der Waals surface area contributed by atoms with Crippen molar-refractivity contribution >= 4 is 11.9 Å². The van der Waals surface area contributed by atoms with Gasteiger partial charge in [0.2, 0.25) is 5.91 Å². The number of amides is 1. The minimum atomic E-state index is -0.513. The van der Waals surface area contributed by atoms with Gasteiger partial charge in [-0.2, -0.15) is 0 Å². The van der Waals surface area contributed by atoms with Crippen molar-refractivity contribution in [3.63, 3.8) is 0 Å². The molecule has 6 nitrogen and oxygen atoms in total. The van der Waals surface area contributed by atoms with E-state index in [9.17, 15) is 14.7 Å². The van der Waals surface area contributed by atoms with Crippen LogP contribution in [0.15, 0.2) is 0 Å². The summed E-state index contributed by atoms with van der Waals surface area (Å²) in [5.41, 5.74) is 0. The van der Waals surface area contributed by atoms with Gasteiger partial charge in [-0.1, -0.05) is 13.8 Å². The van der Waals surface area contributed by atoms with Crippen LogP contribution in [0.25, 0.3) is 0 Å². The molecule has 0 spiro atoms. The highest BCUT2D eigenvalue weighted by Gasteiger charge is 2.14. The molecule has 0 aromatic rings. The molecule has 6 heteroatoms. The van der Waals surface area contributed by atoms with Gasteiger partial charge in [-0.3, -0.25) is 14.9 Å². The molecule has 0 saturated heterocycles. The van der Waals surface area contributed by atoms with Gasteiger partial charge < -0.3 is 14.7 Å². The predicted molar refractivity (Wildman–Crippen MR) is 72.4 cm³/mol. The highest BCUT2D eigenvalue weighted by atomic mass is 16.5. The van der Waals surface area contributed by atoms with Crippen LogP contribution < -0.4 is 5.32 Å². The molecule has 0 bridgehead atoms. The van der Waals surface area contributed by atoms with Crippen LogP contribution in [0, 0.1) is 0 Å². The molecule has 0 aromatic carbocycles. The van der Waals surface area contributed by atoms with E-state index in [0.29, 0.717) is 32.6 Å². The first-order valence-corrected chi connectivity index (χ1v) is 6.72. The van der Waals surface area contributed by atoms with Gasteiger partial charge in [0.15, 0.2) is 0 Å². The zero-order chi connectivity index (χ0) is 14.8. The average Bonchev–Trinajstić information content (AvgIpc) is 2.35. The highest BCUT2D eigenvalue weighted by molar-refractivity contribution is 5.73. The fraction of sp³-hybridized carbons (Fsp3) is 0.846. The Bertz CT molecular complexity index is 284. The van der Waals surface area contributed by atoms with E-state index in [4.69, 9.17) is 4.74 Å². The SMILES string of the molecule is CCC(O)CN(CNCC(CC)OC(C)=O)C(C)=O. The molecule has 0 aliphatic carbocycles. The topological polar surface area (TPSA) is 78.9 Å². The van der Waals surface area contributed by atoms with E-state index in [1.165, 1.54) is 18.7 Å². The third-order valence-electron chi connectivity index (χ3n) is 2.81. The van der Waals surface area contributed by atoms with Crippen molar-refractivity contribution in [3.05, 3.63) is 0 Å². The standard InChI is InChI=1S/C13H26N2O4/c1-5-12(18)8-15(10(3)16)9-14-7-13(6-2)19-11(4)17/h12-14,18H,5-9H2,1-4H3. The van der Waals surface area contributed by atoms with E-state index >= 15 is 0 Å². The summed E-state index contributed by atoms with van der Waals surface area (Å²) in [6.07, 6.45) is 0.613. The molecule has 0 aliphatic rings. The monoisotopic (exact) mass is 274 g/mol. The number of aliphatic hydroxyl groups excluding tert-OH is 1. The first-order chi connectivity index (χ1) is 8.90. The molecular weight excluding hydrogens is 248 g/mol. The van der Waals surface area contributed by atoms with Crippen molar-refractivity contribution in [1.82, 2.24) is 10.2 Å². The van der Waals surface area contributed by atoms with E-state index < -0.39 is 6.10 Å². The Balaban J connectivity index is 4.10. The van der Waals surface area contributed by atoms with Crippen LogP contribution in [-0.2, 0) is 14.3 Å². The Labute approximate surface area is 115 Å². The molecule has 0 heterocycles. The number of rotatable bonds is 9. The predicted octanol–water partition coefficient (Wildman–Crippen LogP) is 0.495. The number of hydrogen-bond donors (Lipinski definition) is 2. The van der Waals surface area contributed by atoms with Gasteiger partial charge in [-0.25, -0.2) is 0 Å². The smallest absolute Gasteiger partial charge is 0.302 e. The maximum absolute atomic E-state index is 11.4. The van der Waals surface area contributed by atoms with Gasteiger partial charge >= 0.3 is 5.97 Å². The first-order valence-electron chi connectivity index (χ1n) is 6.72. The van der Waals surface area contributed by atoms with Gasteiger partial charge in [-0.05, 0) is 12.8 Å². The number of hydrogen-bond acceptors (Lipinski definition) is 5. The minimum absolute atomic E-state index is 0.0967. The molecule has 0 saturated carbocycles. The molecule has 1 amide bonds. The fourth-order valence-corrected chi connectivity index (χ4v) is 1.55. The third-order valence-corrected chi connectivity index (χ3v) is 2.81. The Hall–Kier alpha value is -1.14. The molecule has 2 N–H and O–H groups in total. The lowest BCUT2D eigenvalue weighted by Gasteiger charge is -2.25. The van der Waals surface area contributed by atoms with Crippen molar-refractivity contribution in [2.24, 2.45) is 0 Å². The molecule has 2 unspecified atom stereocenters. The average molecular weight is 274 g/mol. The number of carbonyl (C=O) groups is 2. The second-order valence-corrected chi connectivity index (χ2v) is 4.56. The lowest BCUT2D eigenvalue weighted by atomic mass is 10.2. The van der Waals surface area contributed by atoms with Crippen LogP contribution in [0.3, 0.4) is 0 Å².